The zero-order valence-electron chi connectivity index (χ0n) is 14.3. The molecule has 1 saturated heterocycles. The minimum atomic E-state index is -2.82. The van der Waals surface area contributed by atoms with Crippen LogP contribution in [0.2, 0.25) is 0 Å². The van der Waals surface area contributed by atoms with Crippen LogP contribution in [0.3, 0.4) is 0 Å². The van der Waals surface area contributed by atoms with E-state index < -0.39 is 18.0 Å². The summed E-state index contributed by atoms with van der Waals surface area (Å²) >= 11 is 0. The van der Waals surface area contributed by atoms with Crippen molar-refractivity contribution in [1.29, 1.82) is 0 Å². The Morgan fingerprint density at radius 1 is 1.27 bits per heavy atom. The molecule has 0 radical (unpaired) electrons. The van der Waals surface area contributed by atoms with Gasteiger partial charge in [0, 0.05) is 32.0 Å². The first-order chi connectivity index (χ1) is 12.7. The Hall–Kier alpha value is -2.39. The fraction of sp³-hybridized carbons (Fsp3) is 0.471. The van der Waals surface area contributed by atoms with Gasteiger partial charge in [-0.25, -0.2) is 13.5 Å². The average molecular weight is 365 g/mol. The molecule has 26 heavy (non-hydrogen) atoms. The summed E-state index contributed by atoms with van der Waals surface area (Å²) in [7, 11) is 0. The summed E-state index contributed by atoms with van der Waals surface area (Å²) in [5.41, 5.74) is -0.0910. The summed E-state index contributed by atoms with van der Waals surface area (Å²) in [6.07, 6.45) is 2.07. The van der Waals surface area contributed by atoms with Crippen molar-refractivity contribution in [2.24, 2.45) is 0 Å². The van der Waals surface area contributed by atoms with E-state index in [1.807, 2.05) is 0 Å². The summed E-state index contributed by atoms with van der Waals surface area (Å²) in [4.78, 5) is 18.4. The molecule has 1 fully saturated rings. The van der Waals surface area contributed by atoms with Crippen molar-refractivity contribution in [1.82, 2.24) is 25.0 Å². The van der Waals surface area contributed by atoms with Gasteiger partial charge in [0.05, 0.1) is 30.7 Å². The average Bonchev–Trinajstić information content (AvgIpc) is 3.12. The topological polar surface area (TPSA) is 72.3 Å². The maximum atomic E-state index is 13.5. The van der Waals surface area contributed by atoms with Crippen LogP contribution in [0.15, 0.2) is 30.7 Å². The summed E-state index contributed by atoms with van der Waals surface area (Å²) in [6, 6.07) is 3.12. The number of hydrogen-bond acceptors (Lipinski definition) is 5. The van der Waals surface area contributed by atoms with Gasteiger partial charge in [-0.2, -0.15) is 5.10 Å². The lowest BCUT2D eigenvalue weighted by atomic mass is 10.2. The van der Waals surface area contributed by atoms with E-state index in [-0.39, 0.29) is 5.56 Å². The third-order valence-electron chi connectivity index (χ3n) is 4.21. The predicted molar refractivity (Wildman–Crippen MR) is 90.5 cm³/mol. The molecule has 1 amide bonds. The molecule has 140 valence electrons. The van der Waals surface area contributed by atoms with Crippen LogP contribution in [0.5, 0.6) is 0 Å². The molecular formula is C17H21F2N5O2. The third kappa shape index (κ3) is 4.41. The van der Waals surface area contributed by atoms with Crippen LogP contribution < -0.4 is 5.32 Å². The van der Waals surface area contributed by atoms with Crippen molar-refractivity contribution in [2.45, 2.75) is 12.8 Å². The van der Waals surface area contributed by atoms with Gasteiger partial charge in [0.2, 0.25) is 0 Å². The SMILES string of the molecule is O=C(NCCCN1CCOCC1)c1cnn(-c2ccncc2)c1C(F)F. The van der Waals surface area contributed by atoms with Gasteiger partial charge in [-0.15, -0.1) is 0 Å². The van der Waals surface area contributed by atoms with E-state index in [0.29, 0.717) is 12.2 Å². The van der Waals surface area contributed by atoms with Crippen molar-refractivity contribution in [3.8, 4) is 5.69 Å². The number of nitrogens with zero attached hydrogens (tertiary/aromatic N) is 4. The predicted octanol–water partition coefficient (Wildman–Crippen LogP) is 1.66. The number of ether oxygens (including phenoxy) is 1. The molecule has 1 aliphatic rings. The highest BCUT2D eigenvalue weighted by atomic mass is 19.3. The van der Waals surface area contributed by atoms with Crippen LogP contribution in [0.4, 0.5) is 8.78 Å². The van der Waals surface area contributed by atoms with Gasteiger partial charge in [0.15, 0.2) is 0 Å². The number of alkyl halides is 2. The minimum absolute atomic E-state index is 0.108. The molecule has 0 aliphatic carbocycles. The molecule has 0 atom stereocenters. The number of nitrogens with one attached hydrogen (secondary N) is 1. The van der Waals surface area contributed by atoms with Crippen LogP contribution in [0.25, 0.3) is 5.69 Å². The third-order valence-corrected chi connectivity index (χ3v) is 4.21. The maximum Gasteiger partial charge on any atom is 0.281 e. The second kappa shape index (κ2) is 8.81. The van der Waals surface area contributed by atoms with E-state index >= 15 is 0 Å². The van der Waals surface area contributed by atoms with Crippen molar-refractivity contribution in [3.63, 3.8) is 0 Å². The fourth-order valence-electron chi connectivity index (χ4n) is 2.86. The highest BCUT2D eigenvalue weighted by molar-refractivity contribution is 5.95. The number of amides is 1. The number of carbonyl (C=O) groups is 1. The van der Waals surface area contributed by atoms with Crippen LogP contribution >= 0.6 is 0 Å². The Kier molecular flexibility index (Phi) is 6.24. The Morgan fingerprint density at radius 2 is 2.00 bits per heavy atom. The Morgan fingerprint density at radius 3 is 2.69 bits per heavy atom. The van der Waals surface area contributed by atoms with Gasteiger partial charge in [-0.1, -0.05) is 0 Å². The molecular weight excluding hydrogens is 344 g/mol. The molecule has 9 heteroatoms. The molecule has 3 rings (SSSR count). The highest BCUT2D eigenvalue weighted by Gasteiger charge is 2.25. The quantitative estimate of drug-likeness (QED) is 0.756. The molecule has 2 aromatic heterocycles. The molecule has 0 saturated carbocycles. The second-order valence-electron chi connectivity index (χ2n) is 5.92. The number of rotatable bonds is 7. The summed E-state index contributed by atoms with van der Waals surface area (Å²) in [5, 5.41) is 6.66. The number of hydrogen-bond donors (Lipinski definition) is 1. The lowest BCUT2D eigenvalue weighted by molar-refractivity contribution is 0.0374. The Balaban J connectivity index is 1.61. The lowest BCUT2D eigenvalue weighted by Gasteiger charge is -2.26. The largest absolute Gasteiger partial charge is 0.379 e. The summed E-state index contributed by atoms with van der Waals surface area (Å²) in [6.45, 7) is 4.45. The first kappa shape index (κ1) is 18.4. The van der Waals surface area contributed by atoms with E-state index in [9.17, 15) is 13.6 Å². The molecule has 2 aromatic rings. The zero-order chi connectivity index (χ0) is 18.4. The van der Waals surface area contributed by atoms with Crippen molar-refractivity contribution in [3.05, 3.63) is 42.0 Å². The van der Waals surface area contributed by atoms with Gasteiger partial charge in [-0.05, 0) is 25.1 Å². The number of halogens is 2. The fourth-order valence-corrected chi connectivity index (χ4v) is 2.86. The molecule has 7 nitrogen and oxygen atoms in total. The molecule has 0 spiro atoms. The normalized spacial score (nSPS) is 15.3. The highest BCUT2D eigenvalue weighted by Crippen LogP contribution is 2.25. The number of aromatic nitrogens is 3. The van der Waals surface area contributed by atoms with Gasteiger partial charge >= 0.3 is 0 Å². The Bertz CT molecular complexity index is 717. The first-order valence-electron chi connectivity index (χ1n) is 8.51. The molecule has 1 N–H and O–H groups in total. The smallest absolute Gasteiger partial charge is 0.281 e. The zero-order valence-corrected chi connectivity index (χ0v) is 14.3. The van der Waals surface area contributed by atoms with E-state index in [1.54, 1.807) is 12.1 Å². The number of carbonyl (C=O) groups excluding carboxylic acids is 1. The molecule has 0 bridgehead atoms. The van der Waals surface area contributed by atoms with E-state index in [4.69, 9.17) is 4.74 Å². The number of morpholine rings is 1. The van der Waals surface area contributed by atoms with Crippen molar-refractivity contribution in [2.75, 3.05) is 39.4 Å². The monoisotopic (exact) mass is 365 g/mol. The van der Waals surface area contributed by atoms with Crippen LogP contribution in [0.1, 0.15) is 28.9 Å². The summed E-state index contributed by atoms with van der Waals surface area (Å²) < 4.78 is 33.4. The first-order valence-corrected chi connectivity index (χ1v) is 8.51. The van der Waals surface area contributed by atoms with Gasteiger partial charge in [-0.3, -0.25) is 14.7 Å². The van der Waals surface area contributed by atoms with Gasteiger partial charge < -0.3 is 10.1 Å². The van der Waals surface area contributed by atoms with E-state index in [2.05, 4.69) is 20.3 Å². The van der Waals surface area contributed by atoms with E-state index in [0.717, 1.165) is 44.0 Å². The van der Waals surface area contributed by atoms with Crippen molar-refractivity contribution < 1.29 is 18.3 Å². The molecule has 3 heterocycles. The molecule has 1 aliphatic heterocycles. The van der Waals surface area contributed by atoms with Crippen LogP contribution in [-0.2, 0) is 4.74 Å². The number of pyridine rings is 1. The minimum Gasteiger partial charge on any atom is -0.379 e. The molecule has 0 aromatic carbocycles. The maximum absolute atomic E-state index is 13.5. The van der Waals surface area contributed by atoms with Crippen LogP contribution in [-0.4, -0.2) is 65.0 Å². The van der Waals surface area contributed by atoms with Gasteiger partial charge in [0.1, 0.15) is 5.69 Å². The molecule has 0 unspecified atom stereocenters. The Labute approximate surface area is 150 Å². The van der Waals surface area contributed by atoms with Crippen LogP contribution in [0, 0.1) is 0 Å². The second-order valence-corrected chi connectivity index (χ2v) is 5.92. The summed E-state index contributed by atoms with van der Waals surface area (Å²) in [5.74, 6) is -0.539. The van der Waals surface area contributed by atoms with Crippen molar-refractivity contribution >= 4 is 5.91 Å². The lowest BCUT2D eigenvalue weighted by Crippen LogP contribution is -2.38. The van der Waals surface area contributed by atoms with Gasteiger partial charge in [0.25, 0.3) is 12.3 Å². The standard InChI is InChI=1S/C17H21F2N5O2/c18-16(19)15-14(12-22-24(15)13-2-5-20-6-3-13)17(25)21-4-1-7-23-8-10-26-11-9-23/h2-3,5-6,12,16H,1,4,7-11H2,(H,21,25). The van der Waals surface area contributed by atoms with E-state index in [1.165, 1.54) is 18.6 Å².